The molecule has 2 heterocycles. The quantitative estimate of drug-likeness (QED) is 0.835. The van der Waals surface area contributed by atoms with Crippen molar-refractivity contribution in [2.75, 3.05) is 31.1 Å². The molecule has 1 aliphatic heterocycles. The molecule has 5 heteroatoms. The van der Waals surface area contributed by atoms with Crippen LogP contribution in [0.4, 0.5) is 10.1 Å². The molecule has 4 nitrogen and oxygen atoms in total. The van der Waals surface area contributed by atoms with Crippen molar-refractivity contribution < 1.29 is 9.18 Å². The Morgan fingerprint density at radius 1 is 1.08 bits per heavy atom. The number of halogens is 1. The third kappa shape index (κ3) is 3.67. The molecule has 26 heavy (non-hydrogen) atoms. The number of hydrogen-bond donors (Lipinski definition) is 0. The first-order chi connectivity index (χ1) is 12.7. The Balaban J connectivity index is 1.40. The van der Waals surface area contributed by atoms with E-state index in [2.05, 4.69) is 9.88 Å². The molecule has 0 atom stereocenters. The van der Waals surface area contributed by atoms with Crippen molar-refractivity contribution in [2.24, 2.45) is 5.92 Å². The van der Waals surface area contributed by atoms with Crippen LogP contribution in [-0.4, -0.2) is 42.0 Å². The minimum Gasteiger partial charge on any atom is -0.367 e. The van der Waals surface area contributed by atoms with Crippen molar-refractivity contribution in [3.8, 4) is 0 Å². The maximum atomic E-state index is 13.4. The summed E-state index contributed by atoms with van der Waals surface area (Å²) in [5.74, 6) is 0.645. The summed E-state index contributed by atoms with van der Waals surface area (Å²) in [4.78, 5) is 21.2. The number of amides is 1. The van der Waals surface area contributed by atoms with Crippen molar-refractivity contribution in [1.82, 2.24) is 9.88 Å². The molecule has 2 fully saturated rings. The fourth-order valence-corrected chi connectivity index (χ4v) is 4.35. The number of anilines is 1. The van der Waals surface area contributed by atoms with Crippen LogP contribution in [0, 0.1) is 11.7 Å². The molecular formula is C21H26FN3O. The van der Waals surface area contributed by atoms with Gasteiger partial charge >= 0.3 is 0 Å². The summed E-state index contributed by atoms with van der Waals surface area (Å²) in [5, 5.41) is 0.968. The molecule has 1 saturated carbocycles. The molecule has 2 aromatic rings. The second-order valence-corrected chi connectivity index (χ2v) is 7.57. The van der Waals surface area contributed by atoms with Crippen LogP contribution in [0.3, 0.4) is 0 Å². The molecule has 0 radical (unpaired) electrons. The number of carbonyl (C=O) groups is 1. The van der Waals surface area contributed by atoms with Crippen LogP contribution in [0.1, 0.15) is 38.5 Å². The Morgan fingerprint density at radius 3 is 2.62 bits per heavy atom. The highest BCUT2D eigenvalue weighted by atomic mass is 19.1. The third-order valence-electron chi connectivity index (χ3n) is 5.84. The van der Waals surface area contributed by atoms with E-state index in [0.717, 1.165) is 43.7 Å². The lowest BCUT2D eigenvalue weighted by atomic mass is 9.86. The first kappa shape index (κ1) is 17.3. The highest BCUT2D eigenvalue weighted by Gasteiger charge is 2.25. The van der Waals surface area contributed by atoms with Crippen LogP contribution in [0.2, 0.25) is 0 Å². The minimum absolute atomic E-state index is 0.264. The van der Waals surface area contributed by atoms with Crippen LogP contribution >= 0.6 is 0 Å². The van der Waals surface area contributed by atoms with Gasteiger partial charge in [-0.3, -0.25) is 9.78 Å². The molecule has 1 aromatic heterocycles. The molecule has 138 valence electrons. The van der Waals surface area contributed by atoms with Crippen molar-refractivity contribution >= 4 is 22.5 Å². The largest absolute Gasteiger partial charge is 0.367 e. The second kappa shape index (κ2) is 7.60. The van der Waals surface area contributed by atoms with Gasteiger partial charge in [-0.05, 0) is 37.0 Å². The number of fused-ring (bicyclic) bond motifs is 1. The summed E-state index contributed by atoms with van der Waals surface area (Å²) in [6.45, 7) is 3.15. The summed E-state index contributed by atoms with van der Waals surface area (Å²) < 4.78 is 13.4. The molecule has 2 aliphatic rings. The Morgan fingerprint density at radius 2 is 1.85 bits per heavy atom. The van der Waals surface area contributed by atoms with Gasteiger partial charge in [0.15, 0.2) is 0 Å². The van der Waals surface area contributed by atoms with E-state index in [1.54, 1.807) is 12.3 Å². The SMILES string of the molecule is O=C(CC1CCCCC1)N1CCN(c2ccnc3cc(F)ccc23)CC1. The number of nitrogens with zero attached hydrogens (tertiary/aromatic N) is 3. The Kier molecular flexibility index (Phi) is 5.05. The van der Waals surface area contributed by atoms with Crippen molar-refractivity contribution in [3.63, 3.8) is 0 Å². The average molecular weight is 355 g/mol. The van der Waals surface area contributed by atoms with E-state index in [1.165, 1.54) is 44.2 Å². The summed E-state index contributed by atoms with van der Waals surface area (Å²) in [7, 11) is 0. The van der Waals surface area contributed by atoms with E-state index in [0.29, 0.717) is 17.3 Å². The van der Waals surface area contributed by atoms with E-state index in [9.17, 15) is 9.18 Å². The molecule has 1 amide bonds. The molecule has 0 bridgehead atoms. The number of piperazine rings is 1. The van der Waals surface area contributed by atoms with Gasteiger partial charge in [0.25, 0.3) is 0 Å². The summed E-state index contributed by atoms with van der Waals surface area (Å²) in [6.07, 6.45) is 8.77. The molecule has 1 aromatic carbocycles. The number of aromatic nitrogens is 1. The van der Waals surface area contributed by atoms with Crippen molar-refractivity contribution in [3.05, 3.63) is 36.3 Å². The topological polar surface area (TPSA) is 36.4 Å². The predicted molar refractivity (Wildman–Crippen MR) is 102 cm³/mol. The van der Waals surface area contributed by atoms with Gasteiger partial charge in [0.1, 0.15) is 5.82 Å². The number of hydrogen-bond acceptors (Lipinski definition) is 3. The van der Waals surface area contributed by atoms with Gasteiger partial charge in [-0.2, -0.15) is 0 Å². The van der Waals surface area contributed by atoms with Gasteiger partial charge in [-0.25, -0.2) is 4.39 Å². The molecule has 4 rings (SSSR count). The Labute approximate surface area is 154 Å². The van der Waals surface area contributed by atoms with Crippen molar-refractivity contribution in [2.45, 2.75) is 38.5 Å². The monoisotopic (exact) mass is 355 g/mol. The molecule has 1 aliphatic carbocycles. The molecule has 1 saturated heterocycles. The van der Waals surface area contributed by atoms with Gasteiger partial charge in [0.2, 0.25) is 5.91 Å². The zero-order valence-corrected chi connectivity index (χ0v) is 15.2. The maximum Gasteiger partial charge on any atom is 0.222 e. The van der Waals surface area contributed by atoms with Gasteiger partial charge in [-0.1, -0.05) is 19.3 Å². The normalized spacial score (nSPS) is 19.1. The highest BCUT2D eigenvalue weighted by Crippen LogP contribution is 2.29. The third-order valence-corrected chi connectivity index (χ3v) is 5.84. The van der Waals surface area contributed by atoms with Crippen LogP contribution in [0.15, 0.2) is 30.5 Å². The standard InChI is InChI=1S/C21H26FN3O/c22-17-6-7-18-19(15-17)23-9-8-20(18)24-10-12-25(13-11-24)21(26)14-16-4-2-1-3-5-16/h6-9,15-16H,1-5,10-14H2. The minimum atomic E-state index is -0.264. The number of pyridine rings is 1. The van der Waals surface area contributed by atoms with Gasteiger partial charge in [0.05, 0.1) is 5.52 Å². The summed E-state index contributed by atoms with van der Waals surface area (Å²) in [5.41, 5.74) is 1.76. The fourth-order valence-electron chi connectivity index (χ4n) is 4.35. The van der Waals surface area contributed by atoms with Crippen LogP contribution in [0.25, 0.3) is 10.9 Å². The zero-order valence-electron chi connectivity index (χ0n) is 15.2. The lowest BCUT2D eigenvalue weighted by Gasteiger charge is -2.37. The van der Waals surface area contributed by atoms with E-state index in [4.69, 9.17) is 0 Å². The van der Waals surface area contributed by atoms with Gasteiger partial charge in [0, 0.05) is 55.9 Å². The number of carbonyl (C=O) groups excluding carboxylic acids is 1. The van der Waals surface area contributed by atoms with Crippen LogP contribution < -0.4 is 4.90 Å². The molecule has 0 N–H and O–H groups in total. The van der Waals surface area contributed by atoms with E-state index < -0.39 is 0 Å². The molecule has 0 spiro atoms. The van der Waals surface area contributed by atoms with Crippen LogP contribution in [-0.2, 0) is 4.79 Å². The first-order valence-electron chi connectivity index (χ1n) is 9.78. The van der Waals surface area contributed by atoms with E-state index >= 15 is 0 Å². The Bertz CT molecular complexity index is 780. The van der Waals surface area contributed by atoms with Gasteiger partial charge < -0.3 is 9.80 Å². The van der Waals surface area contributed by atoms with E-state index in [-0.39, 0.29) is 5.82 Å². The lowest BCUT2D eigenvalue weighted by molar-refractivity contribution is -0.132. The van der Waals surface area contributed by atoms with Gasteiger partial charge in [-0.15, -0.1) is 0 Å². The first-order valence-corrected chi connectivity index (χ1v) is 9.78. The van der Waals surface area contributed by atoms with E-state index in [1.807, 2.05) is 11.0 Å². The molecule has 0 unspecified atom stereocenters. The predicted octanol–water partition coefficient (Wildman–Crippen LogP) is 3.99. The zero-order chi connectivity index (χ0) is 17.9. The number of benzene rings is 1. The Hall–Kier alpha value is -2.17. The fraction of sp³-hybridized carbons (Fsp3) is 0.524. The summed E-state index contributed by atoms with van der Waals surface area (Å²) in [6, 6.07) is 6.74. The lowest BCUT2D eigenvalue weighted by Crippen LogP contribution is -2.49. The highest BCUT2D eigenvalue weighted by molar-refractivity contribution is 5.91. The molecular weight excluding hydrogens is 329 g/mol. The average Bonchev–Trinajstić information content (AvgIpc) is 2.68. The second-order valence-electron chi connectivity index (χ2n) is 7.57. The van der Waals surface area contributed by atoms with Crippen LogP contribution in [0.5, 0.6) is 0 Å². The number of rotatable bonds is 3. The maximum absolute atomic E-state index is 13.4. The van der Waals surface area contributed by atoms with Crippen molar-refractivity contribution in [1.29, 1.82) is 0 Å². The smallest absolute Gasteiger partial charge is 0.222 e. The summed E-state index contributed by atoms with van der Waals surface area (Å²) >= 11 is 0.